The van der Waals surface area contributed by atoms with Crippen LogP contribution in [0.15, 0.2) is 0 Å². The molecule has 7 heteroatoms. The summed E-state index contributed by atoms with van der Waals surface area (Å²) in [5, 5.41) is 6.46. The van der Waals surface area contributed by atoms with E-state index in [0.717, 1.165) is 38.2 Å². The Labute approximate surface area is 125 Å². The number of morpholine rings is 1. The number of anilines is 3. The van der Waals surface area contributed by atoms with Crippen LogP contribution >= 0.6 is 0 Å². The smallest absolute Gasteiger partial charge is 0.232 e. The predicted molar refractivity (Wildman–Crippen MR) is 82.8 cm³/mol. The molecule has 1 saturated heterocycles. The molecule has 21 heavy (non-hydrogen) atoms. The van der Waals surface area contributed by atoms with Crippen molar-refractivity contribution in [3.05, 3.63) is 0 Å². The first kappa shape index (κ1) is 14.3. The summed E-state index contributed by atoms with van der Waals surface area (Å²) in [4.78, 5) is 15.6. The predicted octanol–water partition coefficient (Wildman–Crippen LogP) is 1.35. The van der Waals surface area contributed by atoms with Crippen molar-refractivity contribution in [1.29, 1.82) is 0 Å². The Balaban J connectivity index is 1.75. The number of ether oxygens (including phenoxy) is 1. The fraction of sp³-hybridized carbons (Fsp3) is 0.786. The maximum absolute atomic E-state index is 5.38. The summed E-state index contributed by atoms with van der Waals surface area (Å²) in [6.07, 6.45) is 3.94. The first-order valence-corrected chi connectivity index (χ1v) is 7.79. The molecule has 2 aliphatic rings. The van der Waals surface area contributed by atoms with Gasteiger partial charge >= 0.3 is 0 Å². The zero-order valence-corrected chi connectivity index (χ0v) is 12.8. The highest BCUT2D eigenvalue weighted by atomic mass is 16.5. The van der Waals surface area contributed by atoms with Crippen LogP contribution in [0.1, 0.15) is 26.2 Å². The maximum Gasteiger partial charge on any atom is 0.232 e. The van der Waals surface area contributed by atoms with Gasteiger partial charge in [0.05, 0.1) is 13.2 Å². The average molecular weight is 292 g/mol. The number of hydrogen-bond donors (Lipinski definition) is 2. The Morgan fingerprint density at radius 3 is 2.48 bits per heavy atom. The van der Waals surface area contributed by atoms with Gasteiger partial charge < -0.3 is 20.3 Å². The van der Waals surface area contributed by atoms with Crippen molar-refractivity contribution in [2.24, 2.45) is 5.92 Å². The second-order valence-electron chi connectivity index (χ2n) is 5.76. The molecule has 0 radical (unpaired) electrons. The Morgan fingerprint density at radius 2 is 1.86 bits per heavy atom. The molecule has 1 unspecified atom stereocenters. The van der Waals surface area contributed by atoms with E-state index in [9.17, 15) is 0 Å². The van der Waals surface area contributed by atoms with Crippen LogP contribution in [0.25, 0.3) is 0 Å². The van der Waals surface area contributed by atoms with E-state index in [4.69, 9.17) is 4.74 Å². The summed E-state index contributed by atoms with van der Waals surface area (Å²) in [6.45, 7) is 5.31. The number of nitrogens with one attached hydrogen (secondary N) is 2. The summed E-state index contributed by atoms with van der Waals surface area (Å²) >= 11 is 0. The van der Waals surface area contributed by atoms with E-state index in [1.807, 2.05) is 7.05 Å². The Hall–Kier alpha value is -1.63. The van der Waals surface area contributed by atoms with E-state index >= 15 is 0 Å². The van der Waals surface area contributed by atoms with Crippen molar-refractivity contribution >= 4 is 17.8 Å². The fourth-order valence-electron chi connectivity index (χ4n) is 2.71. The van der Waals surface area contributed by atoms with Crippen LogP contribution in [0.3, 0.4) is 0 Å². The highest BCUT2D eigenvalue weighted by Crippen LogP contribution is 2.30. The standard InChI is InChI=1S/C14H24N6O/c1-10(11-4-3-5-11)16-13-17-12(15-2)18-14(19-13)20-6-8-21-9-7-20/h10-11H,3-9H2,1-2H3,(H2,15,16,17,18,19). The molecule has 116 valence electrons. The molecule has 2 fully saturated rings. The molecule has 1 aliphatic carbocycles. The van der Waals surface area contributed by atoms with E-state index in [1.54, 1.807) is 0 Å². The van der Waals surface area contributed by atoms with E-state index in [0.29, 0.717) is 17.9 Å². The van der Waals surface area contributed by atoms with Gasteiger partial charge in [0.2, 0.25) is 17.8 Å². The molecule has 0 spiro atoms. The summed E-state index contributed by atoms with van der Waals surface area (Å²) in [5.41, 5.74) is 0. The molecule has 3 rings (SSSR count). The van der Waals surface area contributed by atoms with Gasteiger partial charge in [0.25, 0.3) is 0 Å². The average Bonchev–Trinajstić information content (AvgIpc) is 2.46. The van der Waals surface area contributed by atoms with Crippen molar-refractivity contribution in [3.63, 3.8) is 0 Å². The molecule has 2 heterocycles. The minimum Gasteiger partial charge on any atom is -0.378 e. The topological polar surface area (TPSA) is 75.2 Å². The number of nitrogens with zero attached hydrogens (tertiary/aromatic N) is 4. The molecule has 2 N–H and O–H groups in total. The van der Waals surface area contributed by atoms with Gasteiger partial charge in [-0.2, -0.15) is 15.0 Å². The summed E-state index contributed by atoms with van der Waals surface area (Å²) < 4.78 is 5.38. The molecule has 1 atom stereocenters. The molecule has 1 aromatic rings. The zero-order chi connectivity index (χ0) is 14.7. The third-order valence-electron chi connectivity index (χ3n) is 4.35. The van der Waals surface area contributed by atoms with Crippen molar-refractivity contribution in [2.75, 3.05) is 48.9 Å². The molecule has 1 aliphatic heterocycles. The van der Waals surface area contributed by atoms with Gasteiger partial charge in [-0.25, -0.2) is 0 Å². The van der Waals surface area contributed by atoms with Crippen LogP contribution < -0.4 is 15.5 Å². The van der Waals surface area contributed by atoms with Gasteiger partial charge in [-0.15, -0.1) is 0 Å². The van der Waals surface area contributed by atoms with Crippen LogP contribution in [0.4, 0.5) is 17.8 Å². The minimum atomic E-state index is 0.406. The second kappa shape index (κ2) is 6.43. The van der Waals surface area contributed by atoms with Crippen molar-refractivity contribution in [3.8, 4) is 0 Å². The summed E-state index contributed by atoms with van der Waals surface area (Å²) in [6, 6.07) is 0.406. The lowest BCUT2D eigenvalue weighted by Crippen LogP contribution is -2.38. The van der Waals surface area contributed by atoms with Gasteiger partial charge in [-0.3, -0.25) is 0 Å². The maximum atomic E-state index is 5.38. The molecule has 1 aromatic heterocycles. The van der Waals surface area contributed by atoms with E-state index in [2.05, 4.69) is 37.4 Å². The van der Waals surface area contributed by atoms with Gasteiger partial charge in [0.1, 0.15) is 0 Å². The van der Waals surface area contributed by atoms with Crippen LogP contribution in [0.2, 0.25) is 0 Å². The van der Waals surface area contributed by atoms with E-state index in [-0.39, 0.29) is 0 Å². The largest absolute Gasteiger partial charge is 0.378 e. The van der Waals surface area contributed by atoms with Gasteiger partial charge in [0, 0.05) is 26.2 Å². The fourth-order valence-corrected chi connectivity index (χ4v) is 2.71. The first-order chi connectivity index (χ1) is 10.3. The summed E-state index contributed by atoms with van der Waals surface area (Å²) in [5.74, 6) is 2.73. The van der Waals surface area contributed by atoms with E-state index in [1.165, 1.54) is 19.3 Å². The van der Waals surface area contributed by atoms with Crippen molar-refractivity contribution in [1.82, 2.24) is 15.0 Å². The molecule has 0 amide bonds. The van der Waals surface area contributed by atoms with Gasteiger partial charge in [0.15, 0.2) is 0 Å². The van der Waals surface area contributed by atoms with Gasteiger partial charge in [-0.1, -0.05) is 6.42 Å². The lowest BCUT2D eigenvalue weighted by atomic mass is 9.80. The SMILES string of the molecule is CNc1nc(NC(C)C2CCC2)nc(N2CCOCC2)n1. The molecule has 0 bridgehead atoms. The lowest BCUT2D eigenvalue weighted by molar-refractivity contribution is 0.122. The molecule has 0 aromatic carbocycles. The number of aromatic nitrogens is 3. The van der Waals surface area contributed by atoms with Crippen LogP contribution in [-0.2, 0) is 4.74 Å². The van der Waals surface area contributed by atoms with E-state index < -0.39 is 0 Å². The minimum absolute atomic E-state index is 0.406. The van der Waals surface area contributed by atoms with Crippen LogP contribution in [-0.4, -0.2) is 54.3 Å². The Bertz CT molecular complexity index is 473. The highest BCUT2D eigenvalue weighted by Gasteiger charge is 2.25. The quantitative estimate of drug-likeness (QED) is 0.848. The third kappa shape index (κ3) is 3.34. The van der Waals surface area contributed by atoms with Gasteiger partial charge in [-0.05, 0) is 25.7 Å². The molecule has 1 saturated carbocycles. The number of hydrogen-bond acceptors (Lipinski definition) is 7. The first-order valence-electron chi connectivity index (χ1n) is 7.79. The lowest BCUT2D eigenvalue weighted by Gasteiger charge is -2.32. The normalized spacial score (nSPS) is 20.8. The summed E-state index contributed by atoms with van der Waals surface area (Å²) in [7, 11) is 1.83. The molecular formula is C14H24N6O. The Kier molecular flexibility index (Phi) is 4.38. The monoisotopic (exact) mass is 292 g/mol. The van der Waals surface area contributed by atoms with Crippen LogP contribution in [0, 0.1) is 5.92 Å². The second-order valence-corrected chi connectivity index (χ2v) is 5.76. The molecule has 7 nitrogen and oxygen atoms in total. The van der Waals surface area contributed by atoms with Crippen molar-refractivity contribution < 1.29 is 4.74 Å². The Morgan fingerprint density at radius 1 is 1.14 bits per heavy atom. The van der Waals surface area contributed by atoms with Crippen LogP contribution in [0.5, 0.6) is 0 Å². The third-order valence-corrected chi connectivity index (χ3v) is 4.35. The highest BCUT2D eigenvalue weighted by molar-refractivity contribution is 5.44. The van der Waals surface area contributed by atoms with Crippen molar-refractivity contribution in [2.45, 2.75) is 32.2 Å². The zero-order valence-electron chi connectivity index (χ0n) is 12.8. The molecular weight excluding hydrogens is 268 g/mol. The number of rotatable bonds is 5.